The zero-order valence-electron chi connectivity index (χ0n) is 13.1. The number of nitrogens with zero attached hydrogens (tertiary/aromatic N) is 1. The van der Waals surface area contributed by atoms with Crippen molar-refractivity contribution in [3.8, 4) is 0 Å². The van der Waals surface area contributed by atoms with Gasteiger partial charge >= 0.3 is 0 Å². The van der Waals surface area contributed by atoms with E-state index in [-0.39, 0.29) is 17.5 Å². The lowest BCUT2D eigenvalue weighted by atomic mass is 10.2. The summed E-state index contributed by atoms with van der Waals surface area (Å²) in [5.74, 6) is 0. The Labute approximate surface area is 131 Å². The standard InChI is InChI=1S/C14H25NO4S2/c1-5-12(6-2)15(7-8-19-4)21(17,18)14-11(3)10-20-13(14)9-16/h10,12,16H,5-9H2,1-4H3. The molecule has 0 fully saturated rings. The van der Waals surface area contributed by atoms with Crippen LogP contribution in [-0.4, -0.2) is 44.1 Å². The molecule has 1 rings (SSSR count). The number of sulfonamides is 1. The Morgan fingerprint density at radius 1 is 1.38 bits per heavy atom. The minimum atomic E-state index is -3.62. The van der Waals surface area contributed by atoms with Crippen molar-refractivity contribution < 1.29 is 18.3 Å². The third-order valence-electron chi connectivity index (χ3n) is 3.57. The van der Waals surface area contributed by atoms with Crippen LogP contribution in [0.1, 0.15) is 37.1 Å². The Hall–Kier alpha value is -0.470. The molecule has 0 aliphatic heterocycles. The average Bonchev–Trinajstić information content (AvgIpc) is 2.85. The fourth-order valence-corrected chi connectivity index (χ4v) is 5.81. The van der Waals surface area contributed by atoms with Crippen LogP contribution in [0.4, 0.5) is 0 Å². The molecule has 0 unspecified atom stereocenters. The summed E-state index contributed by atoms with van der Waals surface area (Å²) in [5.41, 5.74) is 0.692. The normalized spacial score (nSPS) is 12.5. The van der Waals surface area contributed by atoms with Crippen LogP contribution in [0.2, 0.25) is 0 Å². The van der Waals surface area contributed by atoms with E-state index in [9.17, 15) is 13.5 Å². The molecular weight excluding hydrogens is 310 g/mol. The molecule has 1 heterocycles. The number of hydrogen-bond acceptors (Lipinski definition) is 5. The van der Waals surface area contributed by atoms with Crippen LogP contribution in [-0.2, 0) is 21.4 Å². The highest BCUT2D eigenvalue weighted by Gasteiger charge is 2.33. The van der Waals surface area contributed by atoms with Gasteiger partial charge in [-0.2, -0.15) is 4.31 Å². The lowest BCUT2D eigenvalue weighted by molar-refractivity contribution is 0.163. The molecule has 7 heteroatoms. The summed E-state index contributed by atoms with van der Waals surface area (Å²) in [6.07, 6.45) is 1.49. The van der Waals surface area contributed by atoms with Gasteiger partial charge < -0.3 is 9.84 Å². The molecule has 0 aliphatic carbocycles. The minimum Gasteiger partial charge on any atom is -0.391 e. The number of aliphatic hydroxyl groups is 1. The van der Waals surface area contributed by atoms with Crippen molar-refractivity contribution in [2.24, 2.45) is 0 Å². The van der Waals surface area contributed by atoms with E-state index in [0.29, 0.717) is 23.6 Å². The second kappa shape index (κ2) is 8.24. The van der Waals surface area contributed by atoms with E-state index in [0.717, 1.165) is 12.8 Å². The van der Waals surface area contributed by atoms with Gasteiger partial charge in [0.25, 0.3) is 0 Å². The summed E-state index contributed by atoms with van der Waals surface area (Å²) in [6.45, 7) is 6.16. The van der Waals surface area contributed by atoms with Gasteiger partial charge in [-0.05, 0) is 30.7 Å². The fraction of sp³-hybridized carbons (Fsp3) is 0.714. The van der Waals surface area contributed by atoms with Crippen LogP contribution in [0, 0.1) is 6.92 Å². The fourth-order valence-electron chi connectivity index (χ4n) is 2.44. The van der Waals surface area contributed by atoms with Crippen molar-refractivity contribution in [3.05, 3.63) is 15.8 Å². The van der Waals surface area contributed by atoms with Gasteiger partial charge in [0.15, 0.2) is 0 Å². The number of methoxy groups -OCH3 is 1. The van der Waals surface area contributed by atoms with Gasteiger partial charge in [0.05, 0.1) is 18.1 Å². The maximum atomic E-state index is 13.0. The molecule has 0 aromatic carbocycles. The quantitative estimate of drug-likeness (QED) is 0.752. The molecule has 0 radical (unpaired) electrons. The van der Waals surface area contributed by atoms with E-state index < -0.39 is 10.0 Å². The zero-order valence-corrected chi connectivity index (χ0v) is 14.8. The highest BCUT2D eigenvalue weighted by Crippen LogP contribution is 2.31. The molecule has 0 saturated heterocycles. The van der Waals surface area contributed by atoms with E-state index in [2.05, 4.69) is 0 Å². The van der Waals surface area contributed by atoms with Crippen molar-refractivity contribution in [1.29, 1.82) is 0 Å². The van der Waals surface area contributed by atoms with Crippen molar-refractivity contribution >= 4 is 21.4 Å². The maximum absolute atomic E-state index is 13.0. The van der Waals surface area contributed by atoms with Crippen LogP contribution in [0.5, 0.6) is 0 Å². The van der Waals surface area contributed by atoms with Crippen LogP contribution in [0.3, 0.4) is 0 Å². The predicted octanol–water partition coefficient (Wildman–Crippen LogP) is 2.37. The number of hydrogen-bond donors (Lipinski definition) is 1. The van der Waals surface area contributed by atoms with Gasteiger partial charge in [-0.1, -0.05) is 13.8 Å². The number of thiophene rings is 1. The first-order valence-corrected chi connectivity index (χ1v) is 9.44. The van der Waals surface area contributed by atoms with Crippen molar-refractivity contribution in [1.82, 2.24) is 4.31 Å². The lowest BCUT2D eigenvalue weighted by Crippen LogP contribution is -2.42. The van der Waals surface area contributed by atoms with Crippen molar-refractivity contribution in [2.75, 3.05) is 20.3 Å². The highest BCUT2D eigenvalue weighted by atomic mass is 32.2. The molecule has 1 aromatic rings. The molecule has 0 amide bonds. The van der Waals surface area contributed by atoms with E-state index in [1.54, 1.807) is 19.4 Å². The molecule has 1 aromatic heterocycles. The van der Waals surface area contributed by atoms with Crippen LogP contribution in [0.15, 0.2) is 10.3 Å². The van der Waals surface area contributed by atoms with Gasteiger partial charge in [0, 0.05) is 19.7 Å². The molecular formula is C14H25NO4S2. The molecule has 0 saturated carbocycles. The highest BCUT2D eigenvalue weighted by molar-refractivity contribution is 7.89. The Balaban J connectivity index is 3.29. The molecule has 5 nitrogen and oxygen atoms in total. The molecule has 0 spiro atoms. The monoisotopic (exact) mass is 335 g/mol. The summed E-state index contributed by atoms with van der Waals surface area (Å²) < 4.78 is 32.6. The van der Waals surface area contributed by atoms with Gasteiger partial charge in [-0.15, -0.1) is 11.3 Å². The van der Waals surface area contributed by atoms with Crippen molar-refractivity contribution in [3.63, 3.8) is 0 Å². The number of rotatable bonds is 9. The van der Waals surface area contributed by atoms with Crippen molar-refractivity contribution in [2.45, 2.75) is 51.2 Å². The van der Waals surface area contributed by atoms with Gasteiger partial charge in [0.1, 0.15) is 4.90 Å². The number of aliphatic hydroxyl groups excluding tert-OH is 1. The topological polar surface area (TPSA) is 66.8 Å². The average molecular weight is 335 g/mol. The third kappa shape index (κ3) is 4.04. The molecule has 122 valence electrons. The predicted molar refractivity (Wildman–Crippen MR) is 85.1 cm³/mol. The molecule has 1 N–H and O–H groups in total. The summed E-state index contributed by atoms with van der Waals surface area (Å²) in [4.78, 5) is 0.763. The molecule has 0 atom stereocenters. The summed E-state index contributed by atoms with van der Waals surface area (Å²) >= 11 is 1.28. The number of ether oxygens (including phenoxy) is 1. The third-order valence-corrected chi connectivity index (χ3v) is 6.97. The van der Waals surface area contributed by atoms with Gasteiger partial charge in [-0.25, -0.2) is 8.42 Å². The summed E-state index contributed by atoms with van der Waals surface area (Å²) in [7, 11) is -2.06. The van der Waals surface area contributed by atoms with E-state index in [1.807, 2.05) is 13.8 Å². The Morgan fingerprint density at radius 3 is 2.48 bits per heavy atom. The molecule has 0 bridgehead atoms. The SMILES string of the molecule is CCC(CC)N(CCOC)S(=O)(=O)c1c(C)csc1CO. The second-order valence-corrected chi connectivity index (χ2v) is 7.70. The Morgan fingerprint density at radius 2 is 2.00 bits per heavy atom. The summed E-state index contributed by atoms with van der Waals surface area (Å²) in [5, 5.41) is 11.2. The van der Waals surface area contributed by atoms with E-state index in [1.165, 1.54) is 15.6 Å². The van der Waals surface area contributed by atoms with Crippen LogP contribution >= 0.6 is 11.3 Å². The summed E-state index contributed by atoms with van der Waals surface area (Å²) in [6, 6.07) is -0.0593. The first-order valence-electron chi connectivity index (χ1n) is 7.12. The maximum Gasteiger partial charge on any atom is 0.244 e. The van der Waals surface area contributed by atoms with Crippen LogP contribution in [0.25, 0.3) is 0 Å². The second-order valence-electron chi connectivity index (χ2n) is 4.91. The first-order chi connectivity index (χ1) is 9.93. The Kier molecular flexibility index (Phi) is 7.29. The first kappa shape index (κ1) is 18.6. The molecule has 0 aliphatic rings. The van der Waals surface area contributed by atoms with Gasteiger partial charge in [0.2, 0.25) is 10.0 Å². The number of aryl methyl sites for hydroxylation is 1. The van der Waals surface area contributed by atoms with Crippen LogP contribution < -0.4 is 0 Å². The minimum absolute atomic E-state index is 0.0593. The van der Waals surface area contributed by atoms with Gasteiger partial charge in [-0.3, -0.25) is 0 Å². The largest absolute Gasteiger partial charge is 0.391 e. The smallest absolute Gasteiger partial charge is 0.244 e. The van der Waals surface area contributed by atoms with E-state index >= 15 is 0 Å². The van der Waals surface area contributed by atoms with E-state index in [4.69, 9.17) is 4.74 Å². The molecule has 21 heavy (non-hydrogen) atoms. The lowest BCUT2D eigenvalue weighted by Gasteiger charge is -2.29. The zero-order chi connectivity index (χ0) is 16.0. The Bertz CT molecular complexity index is 535.